The molecule has 2 heterocycles. The van der Waals surface area contributed by atoms with Gasteiger partial charge in [0, 0.05) is 6.54 Å². The van der Waals surface area contributed by atoms with Crippen LogP contribution in [0.25, 0.3) is 0 Å². The quantitative estimate of drug-likeness (QED) is 0.925. The van der Waals surface area contributed by atoms with Gasteiger partial charge in [0.05, 0.1) is 11.8 Å². The summed E-state index contributed by atoms with van der Waals surface area (Å²) in [5, 5.41) is 2.84. The highest BCUT2D eigenvalue weighted by molar-refractivity contribution is 5.93. The number of rotatable bonds is 4. The third-order valence-electron chi connectivity index (χ3n) is 3.09. The first kappa shape index (κ1) is 12.6. The molecule has 1 aliphatic rings. The minimum absolute atomic E-state index is 0.128. The normalized spacial score (nSPS) is 13.0. The lowest BCUT2D eigenvalue weighted by Crippen LogP contribution is -2.25. The van der Waals surface area contributed by atoms with E-state index in [1.54, 1.807) is 6.07 Å². The molecule has 1 amide bonds. The van der Waals surface area contributed by atoms with Crippen molar-refractivity contribution in [1.29, 1.82) is 0 Å². The second-order valence-corrected chi connectivity index (χ2v) is 4.50. The van der Waals surface area contributed by atoms with E-state index in [2.05, 4.69) is 5.32 Å². The molecule has 0 saturated carbocycles. The van der Waals surface area contributed by atoms with Crippen LogP contribution in [0.1, 0.15) is 15.9 Å². The molecule has 20 heavy (non-hydrogen) atoms. The molecule has 0 aliphatic carbocycles. The maximum Gasteiger partial charge on any atom is 0.254 e. The van der Waals surface area contributed by atoms with E-state index in [0.717, 1.165) is 23.5 Å². The minimum Gasteiger partial charge on any atom is -0.486 e. The molecular weight excluding hydrogens is 258 g/mol. The van der Waals surface area contributed by atoms with Crippen LogP contribution < -0.4 is 14.8 Å². The zero-order valence-corrected chi connectivity index (χ0v) is 10.9. The van der Waals surface area contributed by atoms with Crippen LogP contribution in [0.5, 0.6) is 11.5 Å². The average Bonchev–Trinajstić information content (AvgIpc) is 3.01. The summed E-state index contributed by atoms with van der Waals surface area (Å²) >= 11 is 0. The number of carbonyl (C=O) groups is 1. The van der Waals surface area contributed by atoms with E-state index in [1.165, 1.54) is 12.5 Å². The van der Waals surface area contributed by atoms with Gasteiger partial charge in [-0.3, -0.25) is 4.79 Å². The molecule has 0 atom stereocenters. The SMILES string of the molecule is O=C(NCCc1ccc2c(c1)OCCO2)c1ccoc1. The summed E-state index contributed by atoms with van der Waals surface area (Å²) in [6.45, 7) is 1.73. The fourth-order valence-corrected chi connectivity index (χ4v) is 2.06. The Hall–Kier alpha value is -2.43. The molecule has 0 unspecified atom stereocenters. The van der Waals surface area contributed by atoms with Crippen LogP contribution in [0.3, 0.4) is 0 Å². The van der Waals surface area contributed by atoms with Crippen molar-refractivity contribution in [3.05, 3.63) is 47.9 Å². The summed E-state index contributed by atoms with van der Waals surface area (Å²) in [5.41, 5.74) is 1.63. The lowest BCUT2D eigenvalue weighted by atomic mass is 10.1. The highest BCUT2D eigenvalue weighted by Gasteiger charge is 2.12. The van der Waals surface area contributed by atoms with Gasteiger partial charge in [-0.15, -0.1) is 0 Å². The first-order valence-corrected chi connectivity index (χ1v) is 6.52. The van der Waals surface area contributed by atoms with E-state index in [0.29, 0.717) is 25.3 Å². The largest absolute Gasteiger partial charge is 0.486 e. The van der Waals surface area contributed by atoms with Crippen molar-refractivity contribution < 1.29 is 18.7 Å². The molecule has 0 bridgehead atoms. The maximum atomic E-state index is 11.7. The van der Waals surface area contributed by atoms with Gasteiger partial charge in [-0.25, -0.2) is 0 Å². The molecule has 5 heteroatoms. The third-order valence-corrected chi connectivity index (χ3v) is 3.09. The minimum atomic E-state index is -0.128. The fourth-order valence-electron chi connectivity index (χ4n) is 2.06. The Morgan fingerprint density at radius 1 is 1.15 bits per heavy atom. The molecule has 104 valence electrons. The van der Waals surface area contributed by atoms with Crippen molar-refractivity contribution in [2.75, 3.05) is 19.8 Å². The molecule has 2 aromatic rings. The van der Waals surface area contributed by atoms with Gasteiger partial charge in [-0.2, -0.15) is 0 Å². The molecule has 3 rings (SSSR count). The highest BCUT2D eigenvalue weighted by Crippen LogP contribution is 2.30. The van der Waals surface area contributed by atoms with Crippen molar-refractivity contribution >= 4 is 5.91 Å². The van der Waals surface area contributed by atoms with E-state index in [9.17, 15) is 4.79 Å². The van der Waals surface area contributed by atoms with Gasteiger partial charge in [0.1, 0.15) is 19.5 Å². The lowest BCUT2D eigenvalue weighted by molar-refractivity contribution is 0.0953. The Bertz CT molecular complexity index is 592. The van der Waals surface area contributed by atoms with Gasteiger partial charge in [0.15, 0.2) is 11.5 Å². The van der Waals surface area contributed by atoms with E-state index in [-0.39, 0.29) is 5.91 Å². The van der Waals surface area contributed by atoms with E-state index in [1.807, 2.05) is 18.2 Å². The molecule has 1 aliphatic heterocycles. The van der Waals surface area contributed by atoms with Crippen molar-refractivity contribution in [3.63, 3.8) is 0 Å². The smallest absolute Gasteiger partial charge is 0.254 e. The Kier molecular flexibility index (Phi) is 3.58. The number of benzene rings is 1. The van der Waals surface area contributed by atoms with E-state index >= 15 is 0 Å². The van der Waals surface area contributed by atoms with Crippen LogP contribution in [-0.2, 0) is 6.42 Å². The third kappa shape index (κ3) is 2.77. The monoisotopic (exact) mass is 273 g/mol. The Morgan fingerprint density at radius 3 is 2.80 bits per heavy atom. The molecule has 0 saturated heterocycles. The predicted molar refractivity (Wildman–Crippen MR) is 72.2 cm³/mol. The Balaban J connectivity index is 1.55. The van der Waals surface area contributed by atoms with Crippen LogP contribution >= 0.6 is 0 Å². The molecule has 0 fully saturated rings. The standard InChI is InChI=1S/C15H15NO4/c17-15(12-4-6-18-10-12)16-5-3-11-1-2-13-14(9-11)20-8-7-19-13/h1-2,4,6,9-10H,3,5,7-8H2,(H,16,17). The first-order valence-electron chi connectivity index (χ1n) is 6.52. The van der Waals surface area contributed by atoms with E-state index in [4.69, 9.17) is 13.9 Å². The van der Waals surface area contributed by atoms with Gasteiger partial charge < -0.3 is 19.2 Å². The number of nitrogens with one attached hydrogen (secondary N) is 1. The van der Waals surface area contributed by atoms with Gasteiger partial charge in [-0.1, -0.05) is 6.07 Å². The number of fused-ring (bicyclic) bond motifs is 1. The first-order chi connectivity index (χ1) is 9.83. The molecule has 1 N–H and O–H groups in total. The number of hydrogen-bond donors (Lipinski definition) is 1. The Labute approximate surface area is 116 Å². The fraction of sp³-hybridized carbons (Fsp3) is 0.267. The van der Waals surface area contributed by atoms with Crippen molar-refractivity contribution in [1.82, 2.24) is 5.32 Å². The predicted octanol–water partition coefficient (Wildman–Crippen LogP) is 2.02. The summed E-state index contributed by atoms with van der Waals surface area (Å²) in [6, 6.07) is 7.48. The van der Waals surface area contributed by atoms with Crippen molar-refractivity contribution in [2.45, 2.75) is 6.42 Å². The second-order valence-electron chi connectivity index (χ2n) is 4.50. The van der Waals surface area contributed by atoms with Crippen LogP contribution in [0.15, 0.2) is 41.2 Å². The van der Waals surface area contributed by atoms with Crippen LogP contribution in [0, 0.1) is 0 Å². The average molecular weight is 273 g/mol. The summed E-state index contributed by atoms with van der Waals surface area (Å²) in [7, 11) is 0. The van der Waals surface area contributed by atoms with Crippen molar-refractivity contribution in [3.8, 4) is 11.5 Å². The summed E-state index contributed by atoms with van der Waals surface area (Å²) in [4.78, 5) is 11.7. The summed E-state index contributed by atoms with van der Waals surface area (Å²) in [6.07, 6.45) is 3.65. The zero-order chi connectivity index (χ0) is 13.8. The second kappa shape index (κ2) is 5.69. The number of hydrogen-bond acceptors (Lipinski definition) is 4. The molecular formula is C15H15NO4. The van der Waals surface area contributed by atoms with Crippen LogP contribution in [0.2, 0.25) is 0 Å². The number of furan rings is 1. The zero-order valence-electron chi connectivity index (χ0n) is 10.9. The molecule has 5 nitrogen and oxygen atoms in total. The molecule has 1 aromatic heterocycles. The number of amides is 1. The Morgan fingerprint density at radius 2 is 2.00 bits per heavy atom. The van der Waals surface area contributed by atoms with Gasteiger partial charge >= 0.3 is 0 Å². The van der Waals surface area contributed by atoms with Gasteiger partial charge in [-0.05, 0) is 30.2 Å². The summed E-state index contributed by atoms with van der Waals surface area (Å²) in [5.74, 6) is 1.42. The van der Waals surface area contributed by atoms with Gasteiger partial charge in [0.2, 0.25) is 0 Å². The van der Waals surface area contributed by atoms with Crippen LogP contribution in [0.4, 0.5) is 0 Å². The number of ether oxygens (including phenoxy) is 2. The maximum absolute atomic E-state index is 11.7. The van der Waals surface area contributed by atoms with Crippen molar-refractivity contribution in [2.24, 2.45) is 0 Å². The van der Waals surface area contributed by atoms with Gasteiger partial charge in [0.25, 0.3) is 5.91 Å². The highest BCUT2D eigenvalue weighted by atomic mass is 16.6. The summed E-state index contributed by atoms with van der Waals surface area (Å²) < 4.78 is 15.9. The molecule has 1 aromatic carbocycles. The topological polar surface area (TPSA) is 60.7 Å². The number of carbonyl (C=O) groups excluding carboxylic acids is 1. The molecule has 0 radical (unpaired) electrons. The van der Waals surface area contributed by atoms with Crippen LogP contribution in [-0.4, -0.2) is 25.7 Å². The van der Waals surface area contributed by atoms with E-state index < -0.39 is 0 Å². The lowest BCUT2D eigenvalue weighted by Gasteiger charge is -2.18. The molecule has 0 spiro atoms.